The lowest BCUT2D eigenvalue weighted by molar-refractivity contribution is -0.131. The van der Waals surface area contributed by atoms with Gasteiger partial charge in [0.2, 0.25) is 11.8 Å². The van der Waals surface area contributed by atoms with Crippen LogP contribution in [0.25, 0.3) is 0 Å². The molecule has 5 nitrogen and oxygen atoms in total. The molecule has 0 aliphatic carbocycles. The number of nitrogens with zero attached hydrogens (tertiary/aromatic N) is 1. The third-order valence-corrected chi connectivity index (χ3v) is 3.69. The largest absolute Gasteiger partial charge is 0.356 e. The van der Waals surface area contributed by atoms with Crippen molar-refractivity contribution in [3.05, 3.63) is 0 Å². The Morgan fingerprint density at radius 3 is 2.42 bits per heavy atom. The third-order valence-electron chi connectivity index (χ3n) is 3.69. The third kappa shape index (κ3) is 5.59. The molecule has 0 aromatic rings. The first-order valence-corrected chi connectivity index (χ1v) is 7.45. The summed E-state index contributed by atoms with van der Waals surface area (Å²) in [6.07, 6.45) is 3.09. The SMILES string of the molecule is CCN(CC)C(=O)CCCNC(=O)C1CCNCC1. The Bertz CT molecular complexity index is 284. The summed E-state index contributed by atoms with van der Waals surface area (Å²) in [6.45, 7) is 7.96. The van der Waals surface area contributed by atoms with E-state index in [0.717, 1.165) is 45.4 Å². The summed E-state index contributed by atoms with van der Waals surface area (Å²) in [5.74, 6) is 0.484. The molecule has 1 aliphatic rings. The van der Waals surface area contributed by atoms with E-state index in [1.807, 2.05) is 18.7 Å². The molecule has 2 N–H and O–H groups in total. The fourth-order valence-electron chi connectivity index (χ4n) is 2.41. The number of rotatable bonds is 7. The minimum atomic E-state index is 0.150. The summed E-state index contributed by atoms with van der Waals surface area (Å²) < 4.78 is 0. The van der Waals surface area contributed by atoms with Gasteiger partial charge in [-0.2, -0.15) is 0 Å². The summed E-state index contributed by atoms with van der Waals surface area (Å²) in [4.78, 5) is 25.4. The lowest BCUT2D eigenvalue weighted by Gasteiger charge is -2.22. The van der Waals surface area contributed by atoms with E-state index in [1.165, 1.54) is 0 Å². The normalized spacial score (nSPS) is 16.1. The smallest absolute Gasteiger partial charge is 0.223 e. The van der Waals surface area contributed by atoms with Gasteiger partial charge >= 0.3 is 0 Å². The van der Waals surface area contributed by atoms with Gasteiger partial charge in [0.15, 0.2) is 0 Å². The van der Waals surface area contributed by atoms with Crippen LogP contribution in [0.15, 0.2) is 0 Å². The number of piperidine rings is 1. The van der Waals surface area contributed by atoms with Gasteiger partial charge in [0, 0.05) is 32.0 Å². The zero-order chi connectivity index (χ0) is 14.1. The summed E-state index contributed by atoms with van der Waals surface area (Å²) in [7, 11) is 0. The highest BCUT2D eigenvalue weighted by molar-refractivity contribution is 5.79. The summed E-state index contributed by atoms with van der Waals surface area (Å²) >= 11 is 0. The Hall–Kier alpha value is -1.10. The van der Waals surface area contributed by atoms with Gasteiger partial charge in [0.1, 0.15) is 0 Å². The summed E-state index contributed by atoms with van der Waals surface area (Å²) in [6, 6.07) is 0. The van der Waals surface area contributed by atoms with Crippen LogP contribution in [0, 0.1) is 5.92 Å². The topological polar surface area (TPSA) is 61.4 Å². The molecule has 5 heteroatoms. The van der Waals surface area contributed by atoms with Gasteiger partial charge in [-0.05, 0) is 46.2 Å². The molecule has 2 amide bonds. The number of hydrogen-bond acceptors (Lipinski definition) is 3. The van der Waals surface area contributed by atoms with Crippen LogP contribution in [0.3, 0.4) is 0 Å². The molecule has 0 unspecified atom stereocenters. The quantitative estimate of drug-likeness (QED) is 0.671. The molecule has 0 aromatic carbocycles. The van der Waals surface area contributed by atoms with E-state index in [4.69, 9.17) is 0 Å². The van der Waals surface area contributed by atoms with Crippen LogP contribution < -0.4 is 10.6 Å². The Morgan fingerprint density at radius 1 is 1.21 bits per heavy atom. The van der Waals surface area contributed by atoms with Crippen LogP contribution in [0.1, 0.15) is 39.5 Å². The van der Waals surface area contributed by atoms with Gasteiger partial charge in [-0.25, -0.2) is 0 Å². The minimum Gasteiger partial charge on any atom is -0.356 e. The second kappa shape index (κ2) is 8.91. The second-order valence-corrected chi connectivity index (χ2v) is 4.98. The number of nitrogens with one attached hydrogen (secondary N) is 2. The van der Waals surface area contributed by atoms with E-state index in [0.29, 0.717) is 13.0 Å². The van der Waals surface area contributed by atoms with Crippen LogP contribution in [0.4, 0.5) is 0 Å². The monoisotopic (exact) mass is 269 g/mol. The molecular formula is C14H27N3O2. The van der Waals surface area contributed by atoms with Crippen molar-refractivity contribution in [1.82, 2.24) is 15.5 Å². The van der Waals surface area contributed by atoms with Crippen LogP contribution in [0.5, 0.6) is 0 Å². The van der Waals surface area contributed by atoms with E-state index >= 15 is 0 Å². The first-order chi connectivity index (χ1) is 9.19. The van der Waals surface area contributed by atoms with Gasteiger partial charge in [-0.15, -0.1) is 0 Å². The van der Waals surface area contributed by atoms with Crippen LogP contribution in [0.2, 0.25) is 0 Å². The number of amides is 2. The average molecular weight is 269 g/mol. The highest BCUT2D eigenvalue weighted by atomic mass is 16.2. The Balaban J connectivity index is 2.12. The van der Waals surface area contributed by atoms with Crippen molar-refractivity contribution in [2.45, 2.75) is 39.5 Å². The summed E-state index contributed by atoms with van der Waals surface area (Å²) in [5.41, 5.74) is 0. The first kappa shape index (κ1) is 16.0. The van der Waals surface area contributed by atoms with E-state index in [2.05, 4.69) is 10.6 Å². The number of carbonyl (C=O) groups is 2. The Labute approximate surface area is 116 Å². The maximum atomic E-state index is 11.9. The van der Waals surface area contributed by atoms with Crippen molar-refractivity contribution in [3.8, 4) is 0 Å². The van der Waals surface area contributed by atoms with Gasteiger partial charge in [0.25, 0.3) is 0 Å². The van der Waals surface area contributed by atoms with Gasteiger partial charge in [0.05, 0.1) is 0 Å². The molecule has 1 aliphatic heterocycles. The van der Waals surface area contributed by atoms with Gasteiger partial charge in [-0.3, -0.25) is 9.59 Å². The van der Waals surface area contributed by atoms with Crippen molar-refractivity contribution in [3.63, 3.8) is 0 Å². The second-order valence-electron chi connectivity index (χ2n) is 4.98. The van der Waals surface area contributed by atoms with Crippen LogP contribution >= 0.6 is 0 Å². The molecular weight excluding hydrogens is 242 g/mol. The van der Waals surface area contributed by atoms with Crippen LogP contribution in [-0.4, -0.2) is 49.4 Å². The molecule has 110 valence electrons. The van der Waals surface area contributed by atoms with E-state index in [-0.39, 0.29) is 17.7 Å². The predicted octanol–water partition coefficient (Wildman–Crippen LogP) is 0.751. The van der Waals surface area contributed by atoms with Gasteiger partial charge in [-0.1, -0.05) is 0 Å². The molecule has 0 spiro atoms. The number of carbonyl (C=O) groups excluding carboxylic acids is 2. The molecule has 0 bridgehead atoms. The zero-order valence-electron chi connectivity index (χ0n) is 12.2. The van der Waals surface area contributed by atoms with Crippen molar-refractivity contribution >= 4 is 11.8 Å². The minimum absolute atomic E-state index is 0.150. The van der Waals surface area contributed by atoms with Crippen molar-refractivity contribution in [2.24, 2.45) is 5.92 Å². The molecule has 1 fully saturated rings. The molecule has 1 saturated heterocycles. The zero-order valence-corrected chi connectivity index (χ0v) is 12.2. The number of hydrogen-bond donors (Lipinski definition) is 2. The Morgan fingerprint density at radius 2 is 1.84 bits per heavy atom. The van der Waals surface area contributed by atoms with E-state index in [1.54, 1.807) is 0 Å². The maximum absolute atomic E-state index is 11.9. The fraction of sp³-hybridized carbons (Fsp3) is 0.857. The average Bonchev–Trinajstić information content (AvgIpc) is 2.45. The van der Waals surface area contributed by atoms with Crippen molar-refractivity contribution < 1.29 is 9.59 Å². The molecule has 1 heterocycles. The van der Waals surface area contributed by atoms with Crippen LogP contribution in [-0.2, 0) is 9.59 Å². The standard InChI is InChI=1S/C14H27N3O2/c1-3-17(4-2)13(18)6-5-9-16-14(19)12-7-10-15-11-8-12/h12,15H,3-11H2,1-2H3,(H,16,19). The maximum Gasteiger partial charge on any atom is 0.223 e. The highest BCUT2D eigenvalue weighted by Gasteiger charge is 2.20. The van der Waals surface area contributed by atoms with E-state index in [9.17, 15) is 9.59 Å². The predicted molar refractivity (Wildman–Crippen MR) is 75.8 cm³/mol. The van der Waals surface area contributed by atoms with Crippen molar-refractivity contribution in [1.29, 1.82) is 0 Å². The molecule has 0 aromatic heterocycles. The fourth-order valence-corrected chi connectivity index (χ4v) is 2.41. The molecule has 0 saturated carbocycles. The van der Waals surface area contributed by atoms with E-state index < -0.39 is 0 Å². The molecule has 19 heavy (non-hydrogen) atoms. The lowest BCUT2D eigenvalue weighted by atomic mass is 9.97. The van der Waals surface area contributed by atoms with Crippen molar-refractivity contribution in [2.75, 3.05) is 32.7 Å². The molecule has 1 rings (SSSR count). The first-order valence-electron chi connectivity index (χ1n) is 7.45. The van der Waals surface area contributed by atoms with Gasteiger partial charge < -0.3 is 15.5 Å². The molecule has 0 atom stereocenters. The molecule has 0 radical (unpaired) electrons. The highest BCUT2D eigenvalue weighted by Crippen LogP contribution is 2.11. The summed E-state index contributed by atoms with van der Waals surface area (Å²) in [5, 5.41) is 6.19. The lowest BCUT2D eigenvalue weighted by Crippen LogP contribution is -2.38. The Kier molecular flexibility index (Phi) is 7.48.